The van der Waals surface area contributed by atoms with Crippen molar-refractivity contribution in [1.82, 2.24) is 14.6 Å². The summed E-state index contributed by atoms with van der Waals surface area (Å²) in [5.74, 6) is -1.25. The molecule has 0 amide bonds. The van der Waals surface area contributed by atoms with Crippen molar-refractivity contribution in [1.29, 1.82) is 0 Å². The molecule has 1 fully saturated rings. The fraction of sp³-hybridized carbons (Fsp3) is 0.320. The minimum atomic E-state index is -4.43. The van der Waals surface area contributed by atoms with E-state index in [4.69, 9.17) is 13.8 Å². The molecule has 0 radical (unpaired) electrons. The Hall–Kier alpha value is -3.61. The van der Waals surface area contributed by atoms with Gasteiger partial charge in [-0.15, -0.1) is 0 Å². The minimum Gasteiger partial charge on any atom is -0.480 e. The molecule has 0 spiro atoms. The highest BCUT2D eigenvalue weighted by atomic mass is 31.2. The van der Waals surface area contributed by atoms with Gasteiger partial charge in [0.05, 0.1) is 6.61 Å². The van der Waals surface area contributed by atoms with Crippen molar-refractivity contribution >= 4 is 13.7 Å². The number of carboxylic acid groups (broad SMARTS) is 1. The second-order valence-electron chi connectivity index (χ2n) is 9.10. The lowest BCUT2D eigenvalue weighted by Gasteiger charge is -2.25. The number of aromatic amines is 1. The Labute approximate surface area is 221 Å². The number of carboxylic acids is 1. The van der Waals surface area contributed by atoms with Crippen molar-refractivity contribution in [2.75, 3.05) is 6.61 Å². The standard InChI is InChI=1S/C25H27FN3O9P/c1-15(22(32)33)28-39(35,38-18-10-8-17(9-11-18)16-6-4-3-5-7-16)36-14-19-21(31)25(2,26)23(37-19)29-13-12-20(30)27-24(29)34/h3-13,15,19,21,23,31H,14H2,1-2H3,(H,28,35)(H,32,33)(H,27,30,34)/t15-,19+,21+,23-,25+,39-/m0/s1. The van der Waals surface area contributed by atoms with Crippen molar-refractivity contribution < 1.29 is 37.7 Å². The number of H-pyrrole nitrogens is 1. The number of halogens is 1. The molecule has 6 atom stereocenters. The predicted molar refractivity (Wildman–Crippen MR) is 137 cm³/mol. The Morgan fingerprint density at radius 2 is 1.82 bits per heavy atom. The van der Waals surface area contributed by atoms with Crippen LogP contribution in [0.1, 0.15) is 20.1 Å². The lowest BCUT2D eigenvalue weighted by Crippen LogP contribution is -2.43. The first kappa shape index (κ1) is 28.4. The quantitative estimate of drug-likeness (QED) is 0.269. The van der Waals surface area contributed by atoms with Crippen molar-refractivity contribution in [2.24, 2.45) is 0 Å². The number of aromatic nitrogens is 2. The zero-order valence-corrected chi connectivity index (χ0v) is 21.8. The van der Waals surface area contributed by atoms with Crippen LogP contribution in [0.15, 0.2) is 76.4 Å². The molecule has 4 N–H and O–H groups in total. The lowest BCUT2D eigenvalue weighted by atomic mass is 9.98. The van der Waals surface area contributed by atoms with Gasteiger partial charge < -0.3 is 19.5 Å². The summed E-state index contributed by atoms with van der Waals surface area (Å²) in [4.78, 5) is 36.9. The molecule has 4 rings (SSSR count). The van der Waals surface area contributed by atoms with E-state index in [1.807, 2.05) is 35.3 Å². The molecule has 1 aromatic heterocycles. The second kappa shape index (κ2) is 11.2. The monoisotopic (exact) mass is 563 g/mol. The van der Waals surface area contributed by atoms with E-state index in [0.29, 0.717) is 0 Å². The van der Waals surface area contributed by atoms with Crippen LogP contribution < -0.4 is 20.9 Å². The number of benzene rings is 2. The Morgan fingerprint density at radius 3 is 2.44 bits per heavy atom. The maximum absolute atomic E-state index is 15.5. The smallest absolute Gasteiger partial charge is 0.459 e. The number of nitrogens with one attached hydrogen (secondary N) is 2. The van der Waals surface area contributed by atoms with Crippen LogP contribution in [0.3, 0.4) is 0 Å². The van der Waals surface area contributed by atoms with Gasteiger partial charge in [-0.3, -0.25) is 23.7 Å². The number of nitrogens with zero attached hydrogens (tertiary/aromatic N) is 1. The number of aliphatic hydroxyl groups is 1. The first-order chi connectivity index (χ1) is 18.4. The second-order valence-corrected chi connectivity index (χ2v) is 10.8. The van der Waals surface area contributed by atoms with Crippen molar-refractivity contribution in [2.45, 2.75) is 44.0 Å². The molecule has 1 saturated heterocycles. The van der Waals surface area contributed by atoms with Crippen LogP contribution in [0.25, 0.3) is 11.1 Å². The molecule has 14 heteroatoms. The topological polar surface area (TPSA) is 169 Å². The number of rotatable bonds is 10. The number of carbonyl (C=O) groups is 1. The van der Waals surface area contributed by atoms with Gasteiger partial charge in [0.1, 0.15) is 24.0 Å². The highest BCUT2D eigenvalue weighted by Crippen LogP contribution is 2.47. The summed E-state index contributed by atoms with van der Waals surface area (Å²) >= 11 is 0. The molecule has 208 valence electrons. The zero-order valence-electron chi connectivity index (χ0n) is 20.9. The van der Waals surface area contributed by atoms with Gasteiger partial charge in [-0.05, 0) is 37.1 Å². The van der Waals surface area contributed by atoms with Crippen LogP contribution in [0, 0.1) is 0 Å². The van der Waals surface area contributed by atoms with E-state index in [2.05, 4.69) is 5.09 Å². The third-order valence-electron chi connectivity index (χ3n) is 6.14. The van der Waals surface area contributed by atoms with Gasteiger partial charge in [0.25, 0.3) is 5.56 Å². The van der Waals surface area contributed by atoms with Crippen molar-refractivity contribution in [3.63, 3.8) is 0 Å². The van der Waals surface area contributed by atoms with Gasteiger partial charge >= 0.3 is 19.4 Å². The van der Waals surface area contributed by atoms with Crippen molar-refractivity contribution in [3.8, 4) is 16.9 Å². The third-order valence-corrected chi connectivity index (χ3v) is 7.78. The Kier molecular flexibility index (Phi) is 8.19. The largest absolute Gasteiger partial charge is 0.480 e. The van der Waals surface area contributed by atoms with E-state index in [1.165, 1.54) is 19.1 Å². The summed E-state index contributed by atoms with van der Waals surface area (Å²) in [7, 11) is -4.43. The summed E-state index contributed by atoms with van der Waals surface area (Å²) in [6.45, 7) is 1.52. The van der Waals surface area contributed by atoms with Crippen LogP contribution in [0.2, 0.25) is 0 Å². The third kappa shape index (κ3) is 6.35. The number of hydrogen-bond donors (Lipinski definition) is 4. The average molecular weight is 563 g/mol. The molecule has 2 aromatic carbocycles. The average Bonchev–Trinajstić information content (AvgIpc) is 3.12. The van der Waals surface area contributed by atoms with Crippen LogP contribution >= 0.6 is 7.75 Å². The maximum Gasteiger partial charge on any atom is 0.459 e. The molecule has 0 aliphatic carbocycles. The van der Waals surface area contributed by atoms with E-state index in [-0.39, 0.29) is 5.75 Å². The molecule has 0 bridgehead atoms. The molecule has 39 heavy (non-hydrogen) atoms. The van der Waals surface area contributed by atoms with E-state index >= 15 is 4.39 Å². The number of ether oxygens (including phenoxy) is 1. The molecule has 0 unspecified atom stereocenters. The van der Waals surface area contributed by atoms with E-state index < -0.39 is 61.7 Å². The van der Waals surface area contributed by atoms with Crippen LogP contribution in [-0.4, -0.2) is 56.3 Å². The fourth-order valence-electron chi connectivity index (χ4n) is 3.99. The molecule has 2 heterocycles. The molecule has 12 nitrogen and oxygen atoms in total. The molecule has 3 aromatic rings. The van der Waals surface area contributed by atoms with Crippen LogP contribution in [-0.2, 0) is 18.6 Å². The zero-order chi connectivity index (χ0) is 28.4. The van der Waals surface area contributed by atoms with Gasteiger partial charge in [-0.25, -0.2) is 13.8 Å². The summed E-state index contributed by atoms with van der Waals surface area (Å²) in [6.07, 6.45) is -3.93. The van der Waals surface area contributed by atoms with Crippen LogP contribution in [0.4, 0.5) is 4.39 Å². The Morgan fingerprint density at radius 1 is 1.18 bits per heavy atom. The first-order valence-corrected chi connectivity index (χ1v) is 13.4. The molecule has 1 aliphatic heterocycles. The molecule has 0 saturated carbocycles. The van der Waals surface area contributed by atoms with E-state index in [1.54, 1.807) is 12.1 Å². The molecular formula is C25H27FN3O9P. The number of alkyl halides is 1. The minimum absolute atomic E-state index is 0.0870. The summed E-state index contributed by atoms with van der Waals surface area (Å²) in [5.41, 5.74) is -2.41. The maximum atomic E-state index is 15.5. The number of aliphatic hydroxyl groups excluding tert-OH is 1. The highest BCUT2D eigenvalue weighted by molar-refractivity contribution is 7.52. The van der Waals surface area contributed by atoms with Gasteiger partial charge in [0.2, 0.25) is 0 Å². The SMILES string of the molecule is C[C@H](N[P@](=O)(OC[C@H]1O[C@H](n2ccc(=O)[nH]c2=O)[C@](C)(F)[C@@H]1O)Oc1ccc(-c2ccccc2)cc1)C(=O)O. The van der Waals surface area contributed by atoms with E-state index in [9.17, 15) is 29.2 Å². The Bertz CT molecular complexity index is 1480. The molecule has 1 aliphatic rings. The lowest BCUT2D eigenvalue weighted by molar-refractivity contribution is -0.138. The number of aliphatic carboxylic acids is 1. The van der Waals surface area contributed by atoms with Gasteiger partial charge in [0.15, 0.2) is 11.9 Å². The normalized spacial score (nSPS) is 25.1. The highest BCUT2D eigenvalue weighted by Gasteiger charge is 2.55. The summed E-state index contributed by atoms with van der Waals surface area (Å²) in [5, 5.41) is 22.2. The van der Waals surface area contributed by atoms with E-state index in [0.717, 1.165) is 34.9 Å². The van der Waals surface area contributed by atoms with Crippen LogP contribution in [0.5, 0.6) is 5.75 Å². The Balaban J connectivity index is 1.53. The fourth-order valence-corrected chi connectivity index (χ4v) is 5.50. The van der Waals surface area contributed by atoms with Crippen molar-refractivity contribution in [3.05, 3.63) is 87.7 Å². The van der Waals surface area contributed by atoms with Gasteiger partial charge in [-0.1, -0.05) is 42.5 Å². The van der Waals surface area contributed by atoms with Gasteiger partial charge in [-0.2, -0.15) is 5.09 Å². The van der Waals surface area contributed by atoms with Gasteiger partial charge in [0, 0.05) is 12.3 Å². The number of hydrogen-bond acceptors (Lipinski definition) is 8. The molecular weight excluding hydrogens is 536 g/mol. The summed E-state index contributed by atoms with van der Waals surface area (Å²) < 4.78 is 46.3. The first-order valence-electron chi connectivity index (χ1n) is 11.8. The predicted octanol–water partition coefficient (Wildman–Crippen LogP) is 2.46. The summed E-state index contributed by atoms with van der Waals surface area (Å²) in [6, 6.07) is 15.5.